The molecular weight excluding hydrogens is 284 g/mol. The van der Waals surface area contributed by atoms with E-state index in [1.165, 1.54) is 25.2 Å². The van der Waals surface area contributed by atoms with E-state index in [9.17, 15) is 14.4 Å². The number of hydrogen-bond donors (Lipinski definition) is 1. The van der Waals surface area contributed by atoms with Gasteiger partial charge in [0, 0.05) is 4.88 Å². The Morgan fingerprint density at radius 3 is 2.58 bits per heavy atom. The summed E-state index contributed by atoms with van der Waals surface area (Å²) in [5.74, 6) is -0.495. The number of aryl methyl sites for hydroxylation is 1. The zero-order valence-electron chi connectivity index (χ0n) is 10.6. The smallest absolute Gasteiger partial charge is 0.260 e. The fraction of sp³-hybridized carbons (Fsp3) is 0.333. The summed E-state index contributed by atoms with van der Waals surface area (Å²) >= 11 is 2.39. The molecule has 0 aliphatic rings. The Morgan fingerprint density at radius 2 is 2.00 bits per heavy atom. The van der Waals surface area contributed by atoms with Crippen LogP contribution >= 0.6 is 23.1 Å². The van der Waals surface area contributed by atoms with E-state index in [-0.39, 0.29) is 17.1 Å². The van der Waals surface area contributed by atoms with E-state index in [0.29, 0.717) is 15.4 Å². The molecule has 7 heteroatoms. The first-order chi connectivity index (χ1) is 8.88. The third-order valence-corrected chi connectivity index (χ3v) is 4.73. The van der Waals surface area contributed by atoms with E-state index in [2.05, 4.69) is 9.97 Å². The molecule has 0 aliphatic heterocycles. The highest BCUT2D eigenvalue weighted by Gasteiger charge is 2.22. The molecule has 19 heavy (non-hydrogen) atoms. The fourth-order valence-electron chi connectivity index (χ4n) is 1.65. The Bertz CT molecular complexity index is 703. The van der Waals surface area contributed by atoms with Crippen molar-refractivity contribution in [1.29, 1.82) is 0 Å². The van der Waals surface area contributed by atoms with Crippen LogP contribution in [-0.2, 0) is 9.59 Å². The second-order valence-electron chi connectivity index (χ2n) is 4.17. The number of aromatic nitrogens is 2. The monoisotopic (exact) mass is 296 g/mol. The molecule has 0 aliphatic carbocycles. The first-order valence-electron chi connectivity index (χ1n) is 5.56. The predicted octanol–water partition coefficient (Wildman–Crippen LogP) is 1.93. The van der Waals surface area contributed by atoms with Crippen molar-refractivity contribution >= 4 is 44.9 Å². The molecule has 0 fully saturated rings. The molecule has 0 aromatic carbocycles. The molecular formula is C12H12N2O3S2. The fourth-order valence-corrected chi connectivity index (χ4v) is 3.44. The van der Waals surface area contributed by atoms with Crippen LogP contribution < -0.4 is 5.56 Å². The first kappa shape index (κ1) is 14.0. The lowest BCUT2D eigenvalue weighted by molar-refractivity contribution is -0.123. The van der Waals surface area contributed by atoms with E-state index in [1.807, 2.05) is 6.92 Å². The molecule has 0 amide bonds. The number of rotatable bonds is 4. The van der Waals surface area contributed by atoms with Crippen LogP contribution in [0.1, 0.15) is 18.7 Å². The van der Waals surface area contributed by atoms with Gasteiger partial charge in [-0.05, 0) is 26.8 Å². The van der Waals surface area contributed by atoms with Crippen molar-refractivity contribution in [2.75, 3.05) is 0 Å². The van der Waals surface area contributed by atoms with Crippen LogP contribution in [0.15, 0.2) is 16.0 Å². The summed E-state index contributed by atoms with van der Waals surface area (Å²) in [5.41, 5.74) is -0.247. The summed E-state index contributed by atoms with van der Waals surface area (Å²) in [6, 6.07) is 1.77. The van der Waals surface area contributed by atoms with Gasteiger partial charge in [-0.25, -0.2) is 4.98 Å². The number of carbonyl (C=O) groups is 2. The summed E-state index contributed by atoms with van der Waals surface area (Å²) < 4.78 is 0. The SMILES string of the molecule is CC(=O)C(Sc1nc2sc(C)cc2c(=O)[nH]1)C(C)=O. The average Bonchev–Trinajstić information content (AvgIpc) is 2.66. The Kier molecular flexibility index (Phi) is 3.86. The second-order valence-corrected chi connectivity index (χ2v) is 6.49. The number of aromatic amines is 1. The topological polar surface area (TPSA) is 79.9 Å². The summed E-state index contributed by atoms with van der Waals surface area (Å²) in [4.78, 5) is 43.1. The summed E-state index contributed by atoms with van der Waals surface area (Å²) in [6.45, 7) is 4.60. The average molecular weight is 296 g/mol. The Balaban J connectivity index is 2.43. The van der Waals surface area contributed by atoms with Crippen molar-refractivity contribution in [3.8, 4) is 0 Å². The van der Waals surface area contributed by atoms with Crippen LogP contribution in [0.4, 0.5) is 0 Å². The number of fused-ring (bicyclic) bond motifs is 1. The third-order valence-electron chi connectivity index (χ3n) is 2.47. The van der Waals surface area contributed by atoms with Crippen LogP contribution in [0.5, 0.6) is 0 Å². The first-order valence-corrected chi connectivity index (χ1v) is 7.26. The van der Waals surface area contributed by atoms with Gasteiger partial charge in [0.15, 0.2) is 16.7 Å². The van der Waals surface area contributed by atoms with Crippen LogP contribution in [0.2, 0.25) is 0 Å². The largest absolute Gasteiger partial charge is 0.301 e. The van der Waals surface area contributed by atoms with Crippen LogP contribution in [0.3, 0.4) is 0 Å². The van der Waals surface area contributed by atoms with E-state index in [1.54, 1.807) is 6.07 Å². The Morgan fingerprint density at radius 1 is 1.37 bits per heavy atom. The molecule has 1 N–H and O–H groups in total. The molecule has 0 radical (unpaired) electrons. The van der Waals surface area contributed by atoms with E-state index < -0.39 is 5.25 Å². The molecule has 0 unspecified atom stereocenters. The zero-order chi connectivity index (χ0) is 14.2. The van der Waals surface area contributed by atoms with Crippen molar-refractivity contribution in [2.24, 2.45) is 0 Å². The number of nitrogens with zero attached hydrogens (tertiary/aromatic N) is 1. The molecule has 0 saturated heterocycles. The summed E-state index contributed by atoms with van der Waals surface area (Å²) in [6.07, 6.45) is 0. The maximum absolute atomic E-state index is 11.9. The quantitative estimate of drug-likeness (QED) is 0.530. The molecule has 0 bridgehead atoms. The molecule has 2 aromatic rings. The number of H-pyrrole nitrogens is 1. The van der Waals surface area contributed by atoms with Crippen LogP contribution in [0, 0.1) is 6.92 Å². The standard InChI is InChI=1S/C12H12N2O3S2/c1-5-4-8-10(17)13-12(14-11(8)18-5)19-9(6(2)15)7(3)16/h4,9H,1-3H3,(H,13,14,17). The molecule has 0 spiro atoms. The second kappa shape index (κ2) is 5.26. The normalized spacial score (nSPS) is 11.2. The van der Waals surface area contributed by atoms with Crippen LogP contribution in [0.25, 0.3) is 10.2 Å². The lowest BCUT2D eigenvalue weighted by Gasteiger charge is -2.08. The maximum Gasteiger partial charge on any atom is 0.260 e. The third kappa shape index (κ3) is 2.93. The zero-order valence-corrected chi connectivity index (χ0v) is 12.3. The minimum absolute atomic E-state index is 0.247. The van der Waals surface area contributed by atoms with Crippen molar-refractivity contribution < 1.29 is 9.59 Å². The number of nitrogens with one attached hydrogen (secondary N) is 1. The summed E-state index contributed by atoms with van der Waals surface area (Å²) in [5, 5.41) is 0.0189. The van der Waals surface area contributed by atoms with E-state index >= 15 is 0 Å². The minimum atomic E-state index is -0.818. The van der Waals surface area contributed by atoms with Gasteiger partial charge in [0.1, 0.15) is 10.1 Å². The molecule has 2 aromatic heterocycles. The predicted molar refractivity (Wildman–Crippen MR) is 76.0 cm³/mol. The van der Waals surface area contributed by atoms with Crippen molar-refractivity contribution in [1.82, 2.24) is 9.97 Å². The van der Waals surface area contributed by atoms with Gasteiger partial charge >= 0.3 is 0 Å². The molecule has 0 saturated carbocycles. The highest BCUT2D eigenvalue weighted by molar-refractivity contribution is 8.01. The van der Waals surface area contributed by atoms with E-state index in [4.69, 9.17) is 0 Å². The summed E-state index contributed by atoms with van der Waals surface area (Å²) in [7, 11) is 0. The number of thiophene rings is 1. The Labute approximate surface area is 117 Å². The molecule has 2 heterocycles. The van der Waals surface area contributed by atoms with Gasteiger partial charge in [-0.1, -0.05) is 11.8 Å². The molecule has 5 nitrogen and oxygen atoms in total. The lowest BCUT2D eigenvalue weighted by atomic mass is 10.2. The molecule has 2 rings (SSSR count). The van der Waals surface area contributed by atoms with Gasteiger partial charge < -0.3 is 4.98 Å². The number of Topliss-reactive ketones (excluding diaryl/α,β-unsaturated/α-hetero) is 2. The van der Waals surface area contributed by atoms with Gasteiger partial charge in [0.2, 0.25) is 0 Å². The number of hydrogen-bond acceptors (Lipinski definition) is 6. The Hall–Kier alpha value is -1.47. The number of ketones is 2. The van der Waals surface area contributed by atoms with Crippen molar-refractivity contribution in [3.05, 3.63) is 21.3 Å². The molecule has 0 atom stereocenters. The van der Waals surface area contributed by atoms with Gasteiger partial charge in [0.25, 0.3) is 5.56 Å². The van der Waals surface area contributed by atoms with Crippen molar-refractivity contribution in [3.63, 3.8) is 0 Å². The van der Waals surface area contributed by atoms with Gasteiger partial charge in [-0.3, -0.25) is 14.4 Å². The van der Waals surface area contributed by atoms with Crippen molar-refractivity contribution in [2.45, 2.75) is 31.2 Å². The highest BCUT2D eigenvalue weighted by atomic mass is 32.2. The number of carbonyl (C=O) groups excluding carboxylic acids is 2. The maximum atomic E-state index is 11.9. The van der Waals surface area contributed by atoms with Gasteiger partial charge in [-0.15, -0.1) is 11.3 Å². The van der Waals surface area contributed by atoms with E-state index in [0.717, 1.165) is 16.6 Å². The molecule has 100 valence electrons. The van der Waals surface area contributed by atoms with Crippen LogP contribution in [-0.4, -0.2) is 26.8 Å². The number of thioether (sulfide) groups is 1. The van der Waals surface area contributed by atoms with Gasteiger partial charge in [0.05, 0.1) is 5.39 Å². The lowest BCUT2D eigenvalue weighted by Crippen LogP contribution is -2.23. The minimum Gasteiger partial charge on any atom is -0.301 e. The van der Waals surface area contributed by atoms with Gasteiger partial charge in [-0.2, -0.15) is 0 Å². The highest BCUT2D eigenvalue weighted by Crippen LogP contribution is 2.25.